The molecule has 2 aromatic rings. The van der Waals surface area contributed by atoms with Crippen molar-refractivity contribution in [3.05, 3.63) is 53.1 Å². The summed E-state index contributed by atoms with van der Waals surface area (Å²) >= 11 is 7.38. The van der Waals surface area contributed by atoms with E-state index in [4.69, 9.17) is 22.1 Å². The van der Waals surface area contributed by atoms with Crippen molar-refractivity contribution in [3.63, 3.8) is 0 Å². The number of hydrogen-bond acceptors (Lipinski definition) is 4. The third-order valence-electron chi connectivity index (χ3n) is 2.57. The van der Waals surface area contributed by atoms with Crippen molar-refractivity contribution >= 4 is 35.0 Å². The largest absolute Gasteiger partial charge is 0.462 e. The Morgan fingerprint density at radius 3 is 2.50 bits per heavy atom. The van der Waals surface area contributed by atoms with Crippen LogP contribution in [0.5, 0.6) is 0 Å². The van der Waals surface area contributed by atoms with Crippen LogP contribution in [0.2, 0.25) is 5.02 Å². The van der Waals surface area contributed by atoms with Gasteiger partial charge in [0.2, 0.25) is 0 Å². The Kier molecular flexibility index (Phi) is 4.93. The van der Waals surface area contributed by atoms with E-state index < -0.39 is 5.97 Å². The van der Waals surface area contributed by atoms with Crippen molar-refractivity contribution in [1.29, 1.82) is 0 Å². The summed E-state index contributed by atoms with van der Waals surface area (Å²) in [5, 5.41) is 0.693. The van der Waals surface area contributed by atoms with Gasteiger partial charge in [0.1, 0.15) is 0 Å². The Balaban J connectivity index is 2.22. The van der Waals surface area contributed by atoms with Gasteiger partial charge in [0.05, 0.1) is 12.2 Å². The highest BCUT2D eigenvalue weighted by molar-refractivity contribution is 7.99. The fourth-order valence-electron chi connectivity index (χ4n) is 1.62. The minimum Gasteiger partial charge on any atom is -0.462 e. The quantitative estimate of drug-likeness (QED) is 0.677. The molecule has 0 amide bonds. The predicted molar refractivity (Wildman–Crippen MR) is 82.4 cm³/mol. The monoisotopic (exact) mass is 307 g/mol. The topological polar surface area (TPSA) is 52.3 Å². The summed E-state index contributed by atoms with van der Waals surface area (Å²) in [7, 11) is 0. The van der Waals surface area contributed by atoms with Gasteiger partial charge in [0.15, 0.2) is 0 Å². The summed E-state index contributed by atoms with van der Waals surface area (Å²) in [5.74, 6) is -0.399. The molecule has 0 heterocycles. The number of benzene rings is 2. The lowest BCUT2D eigenvalue weighted by Crippen LogP contribution is -2.07. The molecule has 0 bridgehead atoms. The maximum Gasteiger partial charge on any atom is 0.340 e. The highest BCUT2D eigenvalue weighted by atomic mass is 35.5. The fraction of sp³-hybridized carbons (Fsp3) is 0.133. The minimum absolute atomic E-state index is 0.326. The van der Waals surface area contributed by atoms with Crippen molar-refractivity contribution < 1.29 is 9.53 Å². The van der Waals surface area contributed by atoms with Gasteiger partial charge in [-0.1, -0.05) is 23.4 Å². The van der Waals surface area contributed by atoms with E-state index in [2.05, 4.69) is 0 Å². The summed E-state index contributed by atoms with van der Waals surface area (Å²) < 4.78 is 4.98. The molecule has 2 N–H and O–H groups in total. The number of anilines is 1. The molecule has 5 heteroatoms. The van der Waals surface area contributed by atoms with Crippen LogP contribution >= 0.6 is 23.4 Å². The van der Waals surface area contributed by atoms with Gasteiger partial charge >= 0.3 is 5.97 Å². The maximum absolute atomic E-state index is 11.8. The van der Waals surface area contributed by atoms with E-state index in [1.165, 1.54) is 11.8 Å². The van der Waals surface area contributed by atoms with E-state index in [1.54, 1.807) is 19.1 Å². The zero-order valence-electron chi connectivity index (χ0n) is 10.9. The zero-order chi connectivity index (χ0) is 14.5. The molecule has 104 valence electrons. The van der Waals surface area contributed by atoms with Gasteiger partial charge in [0.25, 0.3) is 0 Å². The molecule has 0 aliphatic rings. The summed E-state index contributed by atoms with van der Waals surface area (Å²) in [5.41, 5.74) is 6.62. The minimum atomic E-state index is -0.399. The van der Waals surface area contributed by atoms with E-state index in [9.17, 15) is 4.79 Å². The molecule has 0 spiro atoms. The van der Waals surface area contributed by atoms with Crippen molar-refractivity contribution in [2.45, 2.75) is 16.7 Å². The van der Waals surface area contributed by atoms with Crippen LogP contribution in [0.25, 0.3) is 0 Å². The van der Waals surface area contributed by atoms with Crippen LogP contribution in [0.3, 0.4) is 0 Å². The third kappa shape index (κ3) is 3.68. The van der Waals surface area contributed by atoms with Gasteiger partial charge < -0.3 is 10.5 Å². The molecule has 2 rings (SSSR count). The summed E-state index contributed by atoms with van der Waals surface area (Å²) in [6.07, 6.45) is 0. The van der Waals surface area contributed by atoms with Crippen molar-refractivity contribution in [2.24, 2.45) is 0 Å². The lowest BCUT2D eigenvalue weighted by atomic mass is 10.2. The highest BCUT2D eigenvalue weighted by Crippen LogP contribution is 2.30. The predicted octanol–water partition coefficient (Wildman–Crippen LogP) is 4.25. The van der Waals surface area contributed by atoms with E-state index in [0.29, 0.717) is 22.9 Å². The molecule has 0 atom stereocenters. The molecule has 0 radical (unpaired) electrons. The molecule has 3 nitrogen and oxygen atoms in total. The first-order chi connectivity index (χ1) is 9.60. The summed E-state index contributed by atoms with van der Waals surface area (Å²) in [6.45, 7) is 2.09. The van der Waals surface area contributed by atoms with E-state index >= 15 is 0 Å². The number of carbonyl (C=O) groups excluding carboxylic acids is 1. The van der Waals surface area contributed by atoms with Gasteiger partial charge in [-0.3, -0.25) is 0 Å². The standard InChI is InChI=1S/C15H14ClNO2S/c1-2-19-15(18)13-9-12(7-8-14(13)17)20-11-5-3-10(16)4-6-11/h3-9H,2,17H2,1H3. The Hall–Kier alpha value is -1.65. The van der Waals surface area contributed by atoms with Crippen LogP contribution in [0, 0.1) is 0 Å². The Morgan fingerprint density at radius 2 is 1.85 bits per heavy atom. The fourth-order valence-corrected chi connectivity index (χ4v) is 2.61. The van der Waals surface area contributed by atoms with Crippen LogP contribution < -0.4 is 5.73 Å². The molecule has 20 heavy (non-hydrogen) atoms. The van der Waals surface area contributed by atoms with Crippen molar-refractivity contribution in [1.82, 2.24) is 0 Å². The number of rotatable bonds is 4. The molecular weight excluding hydrogens is 294 g/mol. The molecule has 0 fully saturated rings. The zero-order valence-corrected chi connectivity index (χ0v) is 12.5. The molecule has 0 aliphatic carbocycles. The lowest BCUT2D eigenvalue weighted by molar-refractivity contribution is 0.0527. The Bertz CT molecular complexity index is 614. The average Bonchev–Trinajstić information content (AvgIpc) is 2.43. The second kappa shape index (κ2) is 6.68. The van der Waals surface area contributed by atoms with E-state index in [1.807, 2.05) is 30.3 Å². The van der Waals surface area contributed by atoms with Crippen LogP contribution in [0.15, 0.2) is 52.3 Å². The second-order valence-electron chi connectivity index (χ2n) is 4.03. The first kappa shape index (κ1) is 14.8. The van der Waals surface area contributed by atoms with Gasteiger partial charge in [0, 0.05) is 20.5 Å². The second-order valence-corrected chi connectivity index (χ2v) is 5.61. The third-order valence-corrected chi connectivity index (χ3v) is 3.82. The smallest absolute Gasteiger partial charge is 0.340 e. The van der Waals surface area contributed by atoms with Crippen molar-refractivity contribution in [2.75, 3.05) is 12.3 Å². The van der Waals surface area contributed by atoms with Crippen LogP contribution in [0.1, 0.15) is 17.3 Å². The maximum atomic E-state index is 11.8. The van der Waals surface area contributed by atoms with Gasteiger partial charge in [-0.15, -0.1) is 0 Å². The normalized spacial score (nSPS) is 10.3. The molecule has 0 aliphatic heterocycles. The first-order valence-corrected chi connectivity index (χ1v) is 7.29. The molecule has 0 saturated heterocycles. The molecule has 0 saturated carbocycles. The number of nitrogen functional groups attached to an aromatic ring is 1. The number of esters is 1. The van der Waals surface area contributed by atoms with Crippen LogP contribution in [-0.2, 0) is 4.74 Å². The molecule has 2 aromatic carbocycles. The van der Waals surface area contributed by atoms with Crippen LogP contribution in [-0.4, -0.2) is 12.6 Å². The van der Waals surface area contributed by atoms with Gasteiger partial charge in [-0.25, -0.2) is 4.79 Å². The first-order valence-electron chi connectivity index (χ1n) is 6.10. The summed E-state index contributed by atoms with van der Waals surface area (Å²) in [6, 6.07) is 12.8. The number of carbonyl (C=O) groups is 1. The van der Waals surface area contributed by atoms with E-state index in [-0.39, 0.29) is 0 Å². The number of halogens is 1. The molecular formula is C15H14ClNO2S. The van der Waals surface area contributed by atoms with Gasteiger partial charge in [-0.2, -0.15) is 0 Å². The van der Waals surface area contributed by atoms with Gasteiger partial charge in [-0.05, 0) is 49.4 Å². The summed E-state index contributed by atoms with van der Waals surface area (Å²) in [4.78, 5) is 13.7. The molecule has 0 unspecified atom stereocenters. The molecule has 0 aromatic heterocycles. The average molecular weight is 308 g/mol. The lowest BCUT2D eigenvalue weighted by Gasteiger charge is -2.08. The highest BCUT2D eigenvalue weighted by Gasteiger charge is 2.12. The number of ether oxygens (including phenoxy) is 1. The number of hydrogen-bond donors (Lipinski definition) is 1. The van der Waals surface area contributed by atoms with E-state index in [0.717, 1.165) is 9.79 Å². The van der Waals surface area contributed by atoms with Crippen LogP contribution in [0.4, 0.5) is 5.69 Å². The SMILES string of the molecule is CCOC(=O)c1cc(Sc2ccc(Cl)cc2)ccc1N. The Morgan fingerprint density at radius 1 is 1.20 bits per heavy atom. The number of nitrogens with two attached hydrogens (primary N) is 1. The Labute approximate surface area is 127 Å². The van der Waals surface area contributed by atoms with Crippen molar-refractivity contribution in [3.8, 4) is 0 Å².